The number of aliphatic carboxylic acids is 1. The molecule has 0 spiro atoms. The number of rotatable bonds is 10. The number of carbonyl (C=O) groups excluding carboxylic acids is 1. The van der Waals surface area contributed by atoms with Crippen LogP contribution in [0.1, 0.15) is 90.3 Å². The Balaban J connectivity index is 0.000000157. The van der Waals surface area contributed by atoms with E-state index in [0.717, 1.165) is 68.7 Å². The molecule has 2 aromatic heterocycles. The summed E-state index contributed by atoms with van der Waals surface area (Å²) in [6, 6.07) is 28.8. The number of furan rings is 2. The van der Waals surface area contributed by atoms with Crippen LogP contribution in [0.3, 0.4) is 0 Å². The van der Waals surface area contributed by atoms with Crippen LogP contribution < -0.4 is 9.47 Å². The lowest BCUT2D eigenvalue weighted by Crippen LogP contribution is -2.49. The van der Waals surface area contributed by atoms with Crippen LogP contribution in [0.15, 0.2) is 93.8 Å². The van der Waals surface area contributed by atoms with Gasteiger partial charge in [-0.2, -0.15) is 0 Å². The molecule has 8 heteroatoms. The van der Waals surface area contributed by atoms with Crippen LogP contribution in [0, 0.1) is 5.92 Å². The lowest BCUT2D eigenvalue weighted by molar-refractivity contribution is -0.147. The molecule has 0 amide bonds. The number of carbonyl (C=O) groups is 2. The third kappa shape index (κ3) is 7.40. The molecule has 3 aliphatic rings. The van der Waals surface area contributed by atoms with Gasteiger partial charge in [0.05, 0.1) is 31.3 Å². The zero-order chi connectivity index (χ0) is 37.2. The molecule has 0 unspecified atom stereocenters. The van der Waals surface area contributed by atoms with Gasteiger partial charge in [-0.1, -0.05) is 49.9 Å². The van der Waals surface area contributed by atoms with E-state index in [1.54, 1.807) is 26.4 Å². The average molecular weight is 726 g/mol. The van der Waals surface area contributed by atoms with E-state index in [2.05, 4.69) is 59.5 Å². The second-order valence-electron chi connectivity index (χ2n) is 15.1. The summed E-state index contributed by atoms with van der Waals surface area (Å²) in [5, 5.41) is 11.3. The Labute approximate surface area is 315 Å². The van der Waals surface area contributed by atoms with E-state index < -0.39 is 5.97 Å². The maximum Gasteiger partial charge on any atom is 0.309 e. The number of ether oxygens (including phenoxy) is 2. The lowest BCUT2D eigenvalue weighted by Gasteiger charge is -2.36. The van der Waals surface area contributed by atoms with Crippen LogP contribution in [0.4, 0.5) is 0 Å². The maximum absolute atomic E-state index is 11.0. The second-order valence-corrected chi connectivity index (χ2v) is 15.1. The number of likely N-dealkylation sites (tertiary alicyclic amines) is 1. The standard InChI is InChI=1S/C25H27NO4.C21H20O3/c1-29-23-10-16(13-26-14-20(15-26)25(27)28)6-8-21(23)24-12-19-11-18(7-9-22(19)30-24)17-4-2-3-5-17;1-23-20-10-14(13-22)6-8-18(20)21-12-17-11-16(7-9-19(17)24-21)15-4-2-3-5-15/h6-12,17,20H,2-5,13-15H2,1H3,(H,27,28);6-13,15H,2-5H2,1H3. The molecule has 1 aliphatic heterocycles. The van der Waals surface area contributed by atoms with E-state index in [0.29, 0.717) is 36.2 Å². The Hall–Kier alpha value is -5.34. The number of fused-ring (bicyclic) bond motifs is 2. The van der Waals surface area contributed by atoms with Crippen LogP contribution >= 0.6 is 0 Å². The molecule has 0 radical (unpaired) electrons. The highest BCUT2D eigenvalue weighted by molar-refractivity contribution is 5.87. The smallest absolute Gasteiger partial charge is 0.309 e. The summed E-state index contributed by atoms with van der Waals surface area (Å²) in [6.45, 7) is 1.93. The minimum atomic E-state index is -0.708. The molecule has 6 aromatic rings. The molecule has 3 heterocycles. The van der Waals surface area contributed by atoms with Gasteiger partial charge in [-0.05, 0) is 115 Å². The lowest BCUT2D eigenvalue weighted by atomic mass is 9.96. The number of aldehydes is 1. The molecule has 9 rings (SSSR count). The SMILES string of the molecule is COc1cc(C=O)ccc1-c1cc2cc(C3CCCC3)ccc2o1.COc1cc(CN2CC(C(=O)O)C2)ccc1-c1cc2cc(C3CCCC3)ccc2o1. The highest BCUT2D eigenvalue weighted by Gasteiger charge is 2.32. The predicted octanol–water partition coefficient (Wildman–Crippen LogP) is 10.9. The van der Waals surface area contributed by atoms with Crippen molar-refractivity contribution in [3.63, 3.8) is 0 Å². The number of carboxylic acid groups (broad SMARTS) is 1. The number of benzene rings is 4. The molecule has 3 fully saturated rings. The normalized spacial score (nSPS) is 16.7. The molecule has 0 atom stereocenters. The topological polar surface area (TPSA) is 102 Å². The summed E-state index contributed by atoms with van der Waals surface area (Å²) < 4.78 is 23.3. The summed E-state index contributed by atoms with van der Waals surface area (Å²) in [5.74, 6) is 3.43. The third-order valence-corrected chi connectivity index (χ3v) is 11.6. The van der Waals surface area contributed by atoms with E-state index in [9.17, 15) is 9.59 Å². The van der Waals surface area contributed by atoms with Crippen LogP contribution in [0.2, 0.25) is 0 Å². The fourth-order valence-corrected chi connectivity index (χ4v) is 8.55. The molecular weight excluding hydrogens is 679 g/mol. The molecule has 1 N–H and O–H groups in total. The number of carboxylic acids is 1. The Morgan fingerprint density at radius 2 is 1.22 bits per heavy atom. The Morgan fingerprint density at radius 3 is 1.72 bits per heavy atom. The van der Waals surface area contributed by atoms with E-state index in [1.165, 1.54) is 62.5 Å². The number of methoxy groups -OCH3 is 2. The Kier molecular flexibility index (Phi) is 10.3. The zero-order valence-corrected chi connectivity index (χ0v) is 31.0. The minimum Gasteiger partial charge on any atom is -0.496 e. The van der Waals surface area contributed by atoms with Crippen LogP contribution in [0.25, 0.3) is 44.6 Å². The van der Waals surface area contributed by atoms with Gasteiger partial charge in [0, 0.05) is 36.0 Å². The van der Waals surface area contributed by atoms with Crippen LogP contribution in [-0.2, 0) is 11.3 Å². The second kappa shape index (κ2) is 15.6. The van der Waals surface area contributed by atoms with Gasteiger partial charge in [-0.3, -0.25) is 14.5 Å². The van der Waals surface area contributed by atoms with Crippen molar-refractivity contribution in [2.75, 3.05) is 27.3 Å². The summed E-state index contributed by atoms with van der Waals surface area (Å²) in [4.78, 5) is 24.1. The van der Waals surface area contributed by atoms with Gasteiger partial charge < -0.3 is 23.4 Å². The first kappa shape index (κ1) is 35.7. The van der Waals surface area contributed by atoms with Crippen LogP contribution in [0.5, 0.6) is 11.5 Å². The van der Waals surface area contributed by atoms with E-state index in [4.69, 9.17) is 23.4 Å². The van der Waals surface area contributed by atoms with Crippen molar-refractivity contribution in [2.45, 2.75) is 69.7 Å². The Morgan fingerprint density at radius 1 is 0.704 bits per heavy atom. The summed E-state index contributed by atoms with van der Waals surface area (Å²) in [6.07, 6.45) is 11.3. The first-order chi connectivity index (χ1) is 26.4. The first-order valence-electron chi connectivity index (χ1n) is 19.2. The fraction of sp³-hybridized carbons (Fsp3) is 0.348. The van der Waals surface area contributed by atoms with Gasteiger partial charge in [0.1, 0.15) is 40.5 Å². The number of hydrogen-bond donors (Lipinski definition) is 1. The van der Waals surface area contributed by atoms with Gasteiger partial charge in [0.15, 0.2) is 0 Å². The van der Waals surface area contributed by atoms with Crippen molar-refractivity contribution in [3.05, 3.63) is 107 Å². The van der Waals surface area contributed by atoms with Gasteiger partial charge in [0.25, 0.3) is 0 Å². The molecule has 2 aliphatic carbocycles. The molecular formula is C46H47NO7. The molecule has 2 saturated carbocycles. The van der Waals surface area contributed by atoms with Gasteiger partial charge in [-0.15, -0.1) is 0 Å². The zero-order valence-electron chi connectivity index (χ0n) is 31.0. The Bertz CT molecular complexity index is 2280. The molecule has 54 heavy (non-hydrogen) atoms. The van der Waals surface area contributed by atoms with Gasteiger partial charge in [-0.25, -0.2) is 0 Å². The fourth-order valence-electron chi connectivity index (χ4n) is 8.55. The molecule has 1 saturated heterocycles. The van der Waals surface area contributed by atoms with Gasteiger partial charge in [0.2, 0.25) is 0 Å². The van der Waals surface area contributed by atoms with Crippen molar-refractivity contribution in [1.29, 1.82) is 0 Å². The molecule has 8 nitrogen and oxygen atoms in total. The van der Waals surface area contributed by atoms with Gasteiger partial charge >= 0.3 is 5.97 Å². The minimum absolute atomic E-state index is 0.240. The molecule has 0 bridgehead atoms. The quantitative estimate of drug-likeness (QED) is 0.139. The van der Waals surface area contributed by atoms with Crippen molar-refractivity contribution in [3.8, 4) is 34.1 Å². The number of hydrogen-bond acceptors (Lipinski definition) is 7. The van der Waals surface area contributed by atoms with E-state index in [-0.39, 0.29) is 5.92 Å². The highest BCUT2D eigenvalue weighted by Crippen LogP contribution is 2.40. The first-order valence-corrected chi connectivity index (χ1v) is 19.2. The molecule has 4 aromatic carbocycles. The number of nitrogens with zero attached hydrogens (tertiary/aromatic N) is 1. The molecule has 278 valence electrons. The highest BCUT2D eigenvalue weighted by atomic mass is 16.5. The van der Waals surface area contributed by atoms with E-state index in [1.807, 2.05) is 18.2 Å². The largest absolute Gasteiger partial charge is 0.496 e. The van der Waals surface area contributed by atoms with E-state index >= 15 is 0 Å². The average Bonchev–Trinajstić information content (AvgIpc) is 4.02. The third-order valence-electron chi connectivity index (χ3n) is 11.6. The van der Waals surface area contributed by atoms with Crippen molar-refractivity contribution >= 4 is 34.2 Å². The summed E-state index contributed by atoms with van der Waals surface area (Å²) >= 11 is 0. The summed E-state index contributed by atoms with van der Waals surface area (Å²) in [5.41, 5.74) is 8.12. The van der Waals surface area contributed by atoms with Crippen molar-refractivity contribution in [1.82, 2.24) is 4.90 Å². The predicted molar refractivity (Wildman–Crippen MR) is 211 cm³/mol. The summed E-state index contributed by atoms with van der Waals surface area (Å²) in [7, 11) is 3.28. The van der Waals surface area contributed by atoms with Crippen molar-refractivity contribution in [2.24, 2.45) is 5.92 Å². The van der Waals surface area contributed by atoms with Crippen LogP contribution in [-0.4, -0.2) is 49.6 Å². The maximum atomic E-state index is 11.0. The van der Waals surface area contributed by atoms with Crippen molar-refractivity contribution < 1.29 is 33.0 Å². The monoisotopic (exact) mass is 725 g/mol.